The smallest absolute Gasteiger partial charge is 0.337 e. The molecule has 0 fully saturated rings. The molecule has 0 aromatic heterocycles. The summed E-state index contributed by atoms with van der Waals surface area (Å²) in [6, 6.07) is 13.2. The largest absolute Gasteiger partial charge is 0.478 e. The Bertz CT molecular complexity index is 611. The first-order valence-electron chi connectivity index (χ1n) is 5.89. The SMILES string of the molecule is Cc1ccc(NCc2ccccc2Br)c(C(=O)O)c1. The fourth-order valence-corrected chi connectivity index (χ4v) is 2.25. The Morgan fingerprint density at radius 1 is 1.26 bits per heavy atom. The highest BCUT2D eigenvalue weighted by atomic mass is 79.9. The number of carboxylic acids is 1. The van der Waals surface area contributed by atoms with Gasteiger partial charge in [0, 0.05) is 16.7 Å². The number of rotatable bonds is 4. The van der Waals surface area contributed by atoms with Crippen LogP contribution in [0, 0.1) is 6.92 Å². The lowest BCUT2D eigenvalue weighted by molar-refractivity contribution is 0.0698. The Morgan fingerprint density at radius 2 is 2.00 bits per heavy atom. The predicted molar refractivity (Wildman–Crippen MR) is 79.6 cm³/mol. The summed E-state index contributed by atoms with van der Waals surface area (Å²) in [6.07, 6.45) is 0. The van der Waals surface area contributed by atoms with Crippen LogP contribution in [0.25, 0.3) is 0 Å². The van der Waals surface area contributed by atoms with Gasteiger partial charge in [-0.05, 0) is 30.7 Å². The van der Waals surface area contributed by atoms with E-state index in [1.165, 1.54) is 0 Å². The second-order valence-electron chi connectivity index (χ2n) is 4.30. The van der Waals surface area contributed by atoms with Gasteiger partial charge in [0.15, 0.2) is 0 Å². The van der Waals surface area contributed by atoms with Crippen LogP contribution in [0.5, 0.6) is 0 Å². The first kappa shape index (κ1) is 13.6. The lowest BCUT2D eigenvalue weighted by Gasteiger charge is -2.11. The summed E-state index contributed by atoms with van der Waals surface area (Å²) in [4.78, 5) is 11.2. The third-order valence-electron chi connectivity index (χ3n) is 2.83. The fraction of sp³-hybridized carbons (Fsp3) is 0.133. The number of anilines is 1. The molecule has 0 radical (unpaired) electrons. The summed E-state index contributed by atoms with van der Waals surface area (Å²) in [5.41, 5.74) is 2.95. The molecule has 0 aliphatic heterocycles. The number of aryl methyl sites for hydroxylation is 1. The van der Waals surface area contributed by atoms with Crippen LogP contribution in [0.3, 0.4) is 0 Å². The highest BCUT2D eigenvalue weighted by Gasteiger charge is 2.10. The van der Waals surface area contributed by atoms with Gasteiger partial charge in [0.25, 0.3) is 0 Å². The van der Waals surface area contributed by atoms with E-state index in [-0.39, 0.29) is 0 Å². The maximum atomic E-state index is 11.2. The van der Waals surface area contributed by atoms with Gasteiger partial charge >= 0.3 is 5.97 Å². The number of halogens is 1. The molecule has 0 bridgehead atoms. The molecule has 0 aliphatic rings. The van der Waals surface area contributed by atoms with E-state index in [9.17, 15) is 9.90 Å². The van der Waals surface area contributed by atoms with Gasteiger partial charge in [-0.15, -0.1) is 0 Å². The average molecular weight is 320 g/mol. The quantitative estimate of drug-likeness (QED) is 0.893. The Kier molecular flexibility index (Phi) is 4.22. The first-order valence-corrected chi connectivity index (χ1v) is 6.68. The van der Waals surface area contributed by atoms with Crippen molar-refractivity contribution in [2.24, 2.45) is 0 Å². The van der Waals surface area contributed by atoms with Crippen LogP contribution in [-0.2, 0) is 6.54 Å². The van der Waals surface area contributed by atoms with Crippen molar-refractivity contribution >= 4 is 27.6 Å². The van der Waals surface area contributed by atoms with Crippen molar-refractivity contribution in [1.29, 1.82) is 0 Å². The molecule has 0 spiro atoms. The molecule has 0 amide bonds. The summed E-state index contributed by atoms with van der Waals surface area (Å²) in [5.74, 6) is -0.918. The van der Waals surface area contributed by atoms with Crippen molar-refractivity contribution in [3.63, 3.8) is 0 Å². The van der Waals surface area contributed by atoms with Crippen LogP contribution in [0.15, 0.2) is 46.9 Å². The maximum absolute atomic E-state index is 11.2. The molecule has 3 nitrogen and oxygen atoms in total. The minimum atomic E-state index is -0.918. The van der Waals surface area contributed by atoms with Gasteiger partial charge in [0.05, 0.1) is 5.56 Å². The highest BCUT2D eigenvalue weighted by Crippen LogP contribution is 2.21. The van der Waals surface area contributed by atoms with E-state index in [4.69, 9.17) is 0 Å². The minimum absolute atomic E-state index is 0.298. The molecule has 4 heteroatoms. The summed E-state index contributed by atoms with van der Waals surface area (Å²) < 4.78 is 1.01. The third kappa shape index (κ3) is 3.35. The molecule has 0 aliphatic carbocycles. The van der Waals surface area contributed by atoms with Crippen molar-refractivity contribution in [3.05, 3.63) is 63.6 Å². The Morgan fingerprint density at radius 3 is 2.68 bits per heavy atom. The number of carbonyl (C=O) groups is 1. The standard InChI is InChI=1S/C15H14BrNO2/c1-10-6-7-14(12(8-10)15(18)19)17-9-11-4-2-3-5-13(11)16/h2-8,17H,9H2,1H3,(H,18,19). The topological polar surface area (TPSA) is 49.3 Å². The van der Waals surface area contributed by atoms with Crippen molar-refractivity contribution < 1.29 is 9.90 Å². The zero-order chi connectivity index (χ0) is 13.8. The fourth-order valence-electron chi connectivity index (χ4n) is 1.82. The first-order chi connectivity index (χ1) is 9.08. The second-order valence-corrected chi connectivity index (χ2v) is 5.15. The van der Waals surface area contributed by atoms with Crippen molar-refractivity contribution in [3.8, 4) is 0 Å². The van der Waals surface area contributed by atoms with Gasteiger partial charge in [0.2, 0.25) is 0 Å². The number of aromatic carboxylic acids is 1. The molecule has 2 aromatic carbocycles. The van der Waals surface area contributed by atoms with Crippen molar-refractivity contribution in [1.82, 2.24) is 0 Å². The van der Waals surface area contributed by atoms with Crippen LogP contribution >= 0.6 is 15.9 Å². The summed E-state index contributed by atoms with van der Waals surface area (Å²) in [7, 11) is 0. The molecule has 0 heterocycles. The van der Waals surface area contributed by atoms with Crippen molar-refractivity contribution in [2.45, 2.75) is 13.5 Å². The van der Waals surface area contributed by atoms with Gasteiger partial charge in [0.1, 0.15) is 0 Å². The van der Waals surface area contributed by atoms with Gasteiger partial charge in [-0.3, -0.25) is 0 Å². The van der Waals surface area contributed by atoms with Gasteiger partial charge in [-0.25, -0.2) is 4.79 Å². The van der Waals surface area contributed by atoms with Crippen LogP contribution < -0.4 is 5.32 Å². The highest BCUT2D eigenvalue weighted by molar-refractivity contribution is 9.10. The number of hydrogen-bond donors (Lipinski definition) is 2. The molecule has 98 valence electrons. The number of nitrogens with one attached hydrogen (secondary N) is 1. The summed E-state index contributed by atoms with van der Waals surface area (Å²) in [5, 5.41) is 12.4. The van der Waals surface area contributed by atoms with E-state index in [1.54, 1.807) is 12.1 Å². The van der Waals surface area contributed by atoms with Crippen molar-refractivity contribution in [2.75, 3.05) is 5.32 Å². The molecule has 0 atom stereocenters. The van der Waals surface area contributed by atoms with E-state index in [1.807, 2.05) is 37.3 Å². The molecule has 2 rings (SSSR count). The molecule has 2 aromatic rings. The molecule has 0 unspecified atom stereocenters. The summed E-state index contributed by atoms with van der Waals surface area (Å²) >= 11 is 3.47. The molecule has 2 N–H and O–H groups in total. The molecular weight excluding hydrogens is 306 g/mol. The van der Waals surface area contributed by atoms with E-state index < -0.39 is 5.97 Å². The molecular formula is C15H14BrNO2. The van der Waals surface area contributed by atoms with E-state index >= 15 is 0 Å². The normalized spacial score (nSPS) is 10.2. The number of benzene rings is 2. The number of carboxylic acid groups (broad SMARTS) is 1. The number of hydrogen-bond acceptors (Lipinski definition) is 2. The Hall–Kier alpha value is -1.81. The predicted octanol–water partition coefficient (Wildman–Crippen LogP) is 4.07. The van der Waals surface area contributed by atoms with Crippen LogP contribution in [0.2, 0.25) is 0 Å². The zero-order valence-corrected chi connectivity index (χ0v) is 12.1. The van der Waals surface area contributed by atoms with Gasteiger partial charge in [-0.1, -0.05) is 45.8 Å². The lowest BCUT2D eigenvalue weighted by Crippen LogP contribution is -2.07. The minimum Gasteiger partial charge on any atom is -0.478 e. The van der Waals surface area contributed by atoms with E-state index in [2.05, 4.69) is 21.2 Å². The lowest BCUT2D eigenvalue weighted by atomic mass is 10.1. The Labute approximate surface area is 120 Å². The molecule has 19 heavy (non-hydrogen) atoms. The van der Waals surface area contributed by atoms with E-state index in [0.29, 0.717) is 17.8 Å². The average Bonchev–Trinajstić information content (AvgIpc) is 2.38. The molecule has 0 saturated carbocycles. The van der Waals surface area contributed by atoms with Crippen LogP contribution in [0.4, 0.5) is 5.69 Å². The molecule has 0 saturated heterocycles. The van der Waals surface area contributed by atoms with Crippen LogP contribution in [0.1, 0.15) is 21.5 Å². The summed E-state index contributed by atoms with van der Waals surface area (Å²) in [6.45, 7) is 2.45. The van der Waals surface area contributed by atoms with E-state index in [0.717, 1.165) is 15.6 Å². The Balaban J connectivity index is 2.20. The maximum Gasteiger partial charge on any atom is 0.337 e. The zero-order valence-electron chi connectivity index (χ0n) is 10.5. The third-order valence-corrected chi connectivity index (χ3v) is 3.61. The van der Waals surface area contributed by atoms with Gasteiger partial charge in [-0.2, -0.15) is 0 Å². The monoisotopic (exact) mass is 319 g/mol. The van der Waals surface area contributed by atoms with Crippen LogP contribution in [-0.4, -0.2) is 11.1 Å². The second kappa shape index (κ2) is 5.89. The van der Waals surface area contributed by atoms with Gasteiger partial charge < -0.3 is 10.4 Å².